The second-order valence-corrected chi connectivity index (χ2v) is 5.29. The van der Waals surface area contributed by atoms with Crippen molar-refractivity contribution in [3.8, 4) is 0 Å². The minimum atomic E-state index is -0.205. The largest absolute Gasteiger partial charge is 0.349 e. The van der Waals surface area contributed by atoms with E-state index in [2.05, 4.69) is 27.2 Å². The molecule has 104 valence electrons. The third-order valence-corrected chi connectivity index (χ3v) is 3.75. The second-order valence-electron chi connectivity index (χ2n) is 4.90. The number of aromatic nitrogens is 2. The number of carbonyl (C=O) groups is 1. The fourth-order valence-corrected chi connectivity index (χ4v) is 2.49. The van der Waals surface area contributed by atoms with Crippen LogP contribution in [0.15, 0.2) is 12.4 Å². The lowest BCUT2D eigenvalue weighted by molar-refractivity contribution is 0.0942. The first-order valence-corrected chi connectivity index (χ1v) is 7.00. The van der Waals surface area contributed by atoms with Gasteiger partial charge in [0.2, 0.25) is 0 Å². The Kier molecular flexibility index (Phi) is 5.10. The highest BCUT2D eigenvalue weighted by Gasteiger charge is 2.19. The third kappa shape index (κ3) is 4.14. The number of nitrogens with zero attached hydrogens (tertiary/aromatic N) is 3. The van der Waals surface area contributed by atoms with Gasteiger partial charge in [0, 0.05) is 19.1 Å². The predicted octanol–water partition coefficient (Wildman–Crippen LogP) is 1.73. The van der Waals surface area contributed by atoms with Gasteiger partial charge in [-0.1, -0.05) is 24.4 Å². The Labute approximate surface area is 118 Å². The summed E-state index contributed by atoms with van der Waals surface area (Å²) in [6.07, 6.45) is 7.95. The van der Waals surface area contributed by atoms with Crippen molar-refractivity contribution in [1.82, 2.24) is 20.2 Å². The van der Waals surface area contributed by atoms with Crippen molar-refractivity contribution in [2.75, 3.05) is 20.1 Å². The Morgan fingerprint density at radius 1 is 1.42 bits per heavy atom. The summed E-state index contributed by atoms with van der Waals surface area (Å²) in [6.45, 7) is 1.48. The molecule has 1 aliphatic carbocycles. The van der Waals surface area contributed by atoms with E-state index in [0.29, 0.717) is 18.3 Å². The van der Waals surface area contributed by atoms with Crippen LogP contribution in [0.3, 0.4) is 0 Å². The van der Waals surface area contributed by atoms with Crippen molar-refractivity contribution < 1.29 is 4.79 Å². The molecule has 1 amide bonds. The average molecular weight is 283 g/mol. The highest BCUT2D eigenvalue weighted by atomic mass is 35.5. The van der Waals surface area contributed by atoms with Gasteiger partial charge in [-0.25, -0.2) is 9.97 Å². The van der Waals surface area contributed by atoms with E-state index in [9.17, 15) is 4.79 Å². The van der Waals surface area contributed by atoms with Gasteiger partial charge in [0.25, 0.3) is 5.91 Å². The Bertz CT molecular complexity index is 417. The summed E-state index contributed by atoms with van der Waals surface area (Å²) >= 11 is 5.62. The van der Waals surface area contributed by atoms with E-state index in [0.717, 1.165) is 6.54 Å². The van der Waals surface area contributed by atoms with Crippen LogP contribution in [-0.4, -0.2) is 47.0 Å². The zero-order valence-corrected chi connectivity index (χ0v) is 11.9. The summed E-state index contributed by atoms with van der Waals surface area (Å²) < 4.78 is 0. The molecule has 1 heterocycles. The monoisotopic (exact) mass is 282 g/mol. The molecule has 0 saturated heterocycles. The van der Waals surface area contributed by atoms with Gasteiger partial charge in [-0.3, -0.25) is 4.79 Å². The maximum Gasteiger partial charge on any atom is 0.271 e. The Morgan fingerprint density at radius 3 is 2.79 bits per heavy atom. The highest BCUT2D eigenvalue weighted by Crippen LogP contribution is 2.21. The van der Waals surface area contributed by atoms with E-state index < -0.39 is 0 Å². The van der Waals surface area contributed by atoms with Gasteiger partial charge in [-0.2, -0.15) is 0 Å². The number of carbonyl (C=O) groups excluding carboxylic acids is 1. The van der Waals surface area contributed by atoms with Gasteiger partial charge in [0.1, 0.15) is 10.8 Å². The molecule has 1 fully saturated rings. The van der Waals surface area contributed by atoms with Crippen molar-refractivity contribution in [1.29, 1.82) is 0 Å². The summed E-state index contributed by atoms with van der Waals surface area (Å²) in [5.41, 5.74) is 0.299. The van der Waals surface area contributed by atoms with Gasteiger partial charge in [0.15, 0.2) is 0 Å². The van der Waals surface area contributed by atoms with Crippen LogP contribution in [0.2, 0.25) is 5.15 Å². The second kappa shape index (κ2) is 6.82. The van der Waals surface area contributed by atoms with Crippen LogP contribution >= 0.6 is 11.6 Å². The molecular formula is C13H19ClN4O. The van der Waals surface area contributed by atoms with Crippen molar-refractivity contribution in [3.05, 3.63) is 23.2 Å². The molecule has 5 nitrogen and oxygen atoms in total. The SMILES string of the molecule is CN(CCNC(=O)c1cnc(Cl)cn1)C1CCCC1. The van der Waals surface area contributed by atoms with Crippen LogP contribution in [0.4, 0.5) is 0 Å². The van der Waals surface area contributed by atoms with Crippen LogP contribution in [0.1, 0.15) is 36.2 Å². The van der Waals surface area contributed by atoms with E-state index in [-0.39, 0.29) is 11.1 Å². The van der Waals surface area contributed by atoms with Crippen molar-refractivity contribution in [3.63, 3.8) is 0 Å². The molecule has 2 rings (SSSR count). The highest BCUT2D eigenvalue weighted by molar-refractivity contribution is 6.29. The maximum absolute atomic E-state index is 11.8. The fourth-order valence-electron chi connectivity index (χ4n) is 2.39. The molecule has 0 bridgehead atoms. The normalized spacial score (nSPS) is 15.9. The quantitative estimate of drug-likeness (QED) is 0.894. The van der Waals surface area contributed by atoms with Crippen molar-refractivity contribution in [2.45, 2.75) is 31.7 Å². The molecule has 0 atom stereocenters. The van der Waals surface area contributed by atoms with Crippen LogP contribution in [0, 0.1) is 0 Å². The van der Waals surface area contributed by atoms with Crippen molar-refractivity contribution in [2.24, 2.45) is 0 Å². The van der Waals surface area contributed by atoms with Gasteiger partial charge in [-0.15, -0.1) is 0 Å². The molecule has 1 aliphatic rings. The molecule has 0 aromatic carbocycles. The summed E-state index contributed by atoms with van der Waals surface area (Å²) in [5.74, 6) is -0.205. The number of amides is 1. The molecule has 19 heavy (non-hydrogen) atoms. The smallest absolute Gasteiger partial charge is 0.271 e. The lowest BCUT2D eigenvalue weighted by atomic mass is 10.2. The first-order chi connectivity index (χ1) is 9.16. The third-order valence-electron chi connectivity index (χ3n) is 3.55. The van der Waals surface area contributed by atoms with Crippen LogP contribution in [-0.2, 0) is 0 Å². The standard InChI is InChI=1S/C13H19ClN4O/c1-18(10-4-2-3-5-10)7-6-15-13(19)11-8-17-12(14)9-16-11/h8-10H,2-7H2,1H3,(H,15,19). The first kappa shape index (κ1) is 14.2. The van der Waals surface area contributed by atoms with Crippen LogP contribution in [0.5, 0.6) is 0 Å². The average Bonchev–Trinajstić information content (AvgIpc) is 2.93. The molecule has 0 unspecified atom stereocenters. The number of rotatable bonds is 5. The molecular weight excluding hydrogens is 264 g/mol. The van der Waals surface area contributed by atoms with Crippen LogP contribution in [0.25, 0.3) is 0 Å². The Morgan fingerprint density at radius 2 is 2.16 bits per heavy atom. The summed E-state index contributed by atoms with van der Waals surface area (Å²) in [5, 5.41) is 3.14. The molecule has 1 saturated carbocycles. The zero-order chi connectivity index (χ0) is 13.7. The number of halogens is 1. The summed E-state index contributed by atoms with van der Waals surface area (Å²) in [4.78, 5) is 21.9. The number of likely N-dealkylation sites (N-methyl/N-ethyl adjacent to an activating group) is 1. The number of nitrogens with one attached hydrogen (secondary N) is 1. The molecule has 0 aliphatic heterocycles. The number of hydrogen-bond donors (Lipinski definition) is 1. The van der Waals surface area contributed by atoms with E-state index in [1.807, 2.05) is 0 Å². The van der Waals surface area contributed by atoms with E-state index >= 15 is 0 Å². The van der Waals surface area contributed by atoms with Gasteiger partial charge >= 0.3 is 0 Å². The van der Waals surface area contributed by atoms with Gasteiger partial charge in [0.05, 0.1) is 12.4 Å². The molecule has 0 radical (unpaired) electrons. The number of hydrogen-bond acceptors (Lipinski definition) is 4. The lowest BCUT2D eigenvalue weighted by Crippen LogP contribution is -2.37. The van der Waals surface area contributed by atoms with Gasteiger partial charge in [-0.05, 0) is 19.9 Å². The topological polar surface area (TPSA) is 58.1 Å². The summed E-state index contributed by atoms with van der Waals surface area (Å²) in [6, 6.07) is 0.673. The summed E-state index contributed by atoms with van der Waals surface area (Å²) in [7, 11) is 2.12. The van der Waals surface area contributed by atoms with Crippen molar-refractivity contribution >= 4 is 17.5 Å². The molecule has 6 heteroatoms. The minimum absolute atomic E-state index is 0.205. The maximum atomic E-state index is 11.8. The minimum Gasteiger partial charge on any atom is -0.349 e. The Hall–Kier alpha value is -1.20. The Balaban J connectivity index is 1.73. The first-order valence-electron chi connectivity index (χ1n) is 6.63. The van der Waals surface area contributed by atoms with Crippen LogP contribution < -0.4 is 5.32 Å². The zero-order valence-electron chi connectivity index (χ0n) is 11.1. The lowest BCUT2D eigenvalue weighted by Gasteiger charge is -2.23. The fraction of sp³-hybridized carbons (Fsp3) is 0.615. The van der Waals surface area contributed by atoms with E-state index in [1.54, 1.807) is 0 Å². The van der Waals surface area contributed by atoms with E-state index in [4.69, 9.17) is 11.6 Å². The molecule has 1 aromatic heterocycles. The predicted molar refractivity (Wildman–Crippen MR) is 74.3 cm³/mol. The van der Waals surface area contributed by atoms with E-state index in [1.165, 1.54) is 38.1 Å². The van der Waals surface area contributed by atoms with Gasteiger partial charge < -0.3 is 10.2 Å². The molecule has 0 spiro atoms. The molecule has 1 N–H and O–H groups in total. The molecule has 1 aromatic rings.